The summed E-state index contributed by atoms with van der Waals surface area (Å²) in [5.41, 5.74) is 2.27. The van der Waals surface area contributed by atoms with Crippen LogP contribution >= 0.6 is 0 Å². The van der Waals surface area contributed by atoms with Crippen molar-refractivity contribution in [2.24, 2.45) is 0 Å². The number of rotatable bonds is 8. The molecule has 7 nitrogen and oxygen atoms in total. The highest BCUT2D eigenvalue weighted by Gasteiger charge is 2.18. The normalized spacial score (nSPS) is 14.3. The molecule has 0 atom stereocenters. The van der Waals surface area contributed by atoms with Crippen molar-refractivity contribution in [1.82, 2.24) is 4.90 Å². The highest BCUT2D eigenvalue weighted by molar-refractivity contribution is 6.02. The van der Waals surface area contributed by atoms with E-state index in [2.05, 4.69) is 17.3 Å². The van der Waals surface area contributed by atoms with E-state index in [-0.39, 0.29) is 29.9 Å². The summed E-state index contributed by atoms with van der Waals surface area (Å²) in [5, 5.41) is 21.6. The van der Waals surface area contributed by atoms with Crippen molar-refractivity contribution in [1.29, 1.82) is 5.26 Å². The van der Waals surface area contributed by atoms with E-state index in [1.807, 2.05) is 54.6 Å². The molecule has 184 valence electrons. The number of nitrogens with one attached hydrogen (secondary N) is 1. The minimum Gasteiger partial charge on any atom is -0.507 e. The van der Waals surface area contributed by atoms with Crippen LogP contribution in [0.5, 0.6) is 17.2 Å². The van der Waals surface area contributed by atoms with Crippen molar-refractivity contribution >= 4 is 17.7 Å². The minimum absolute atomic E-state index is 0.122. The van der Waals surface area contributed by atoms with Gasteiger partial charge >= 0.3 is 0 Å². The number of benzene rings is 3. The Morgan fingerprint density at radius 1 is 1.11 bits per heavy atom. The predicted octanol–water partition coefficient (Wildman–Crippen LogP) is 4.97. The second-order valence-corrected chi connectivity index (χ2v) is 8.75. The molecule has 0 radical (unpaired) electrons. The number of phenols is 1. The SMILES string of the molecule is CN1CCC(Oc2cccc(OCc3ccccc3NC(=O)/C=C/c3ccc(C#N)c(O)c3)c2)CC1. The number of hydrogen-bond acceptors (Lipinski definition) is 6. The maximum Gasteiger partial charge on any atom is 0.248 e. The Balaban J connectivity index is 1.35. The molecule has 4 rings (SSSR count). The summed E-state index contributed by atoms with van der Waals surface area (Å²) in [6.07, 6.45) is 5.19. The van der Waals surface area contributed by atoms with Crippen LogP contribution in [0, 0.1) is 11.3 Å². The van der Waals surface area contributed by atoms with Crippen LogP contribution in [0.15, 0.2) is 72.8 Å². The van der Waals surface area contributed by atoms with Crippen molar-refractivity contribution in [3.8, 4) is 23.3 Å². The molecular weight excluding hydrogens is 454 g/mol. The van der Waals surface area contributed by atoms with Gasteiger partial charge in [0.15, 0.2) is 0 Å². The smallest absolute Gasteiger partial charge is 0.248 e. The van der Waals surface area contributed by atoms with E-state index in [1.54, 1.807) is 12.1 Å². The molecule has 1 amide bonds. The number of ether oxygens (including phenoxy) is 2. The number of anilines is 1. The maximum atomic E-state index is 12.5. The fourth-order valence-electron chi connectivity index (χ4n) is 3.95. The molecule has 3 aromatic carbocycles. The van der Waals surface area contributed by atoms with Gasteiger partial charge in [0.2, 0.25) is 5.91 Å². The first-order chi connectivity index (χ1) is 17.5. The van der Waals surface area contributed by atoms with Crippen LogP contribution in [0.4, 0.5) is 5.69 Å². The number of para-hydroxylation sites is 1. The molecule has 7 heteroatoms. The lowest BCUT2D eigenvalue weighted by Gasteiger charge is -2.29. The number of hydrogen-bond donors (Lipinski definition) is 2. The van der Waals surface area contributed by atoms with Gasteiger partial charge in [-0.1, -0.05) is 30.3 Å². The summed E-state index contributed by atoms with van der Waals surface area (Å²) in [6.45, 7) is 2.35. The molecule has 1 aliphatic heterocycles. The van der Waals surface area contributed by atoms with Gasteiger partial charge in [-0.2, -0.15) is 5.26 Å². The average Bonchev–Trinajstić information content (AvgIpc) is 2.89. The van der Waals surface area contributed by atoms with Crippen LogP contribution in [-0.2, 0) is 11.4 Å². The highest BCUT2D eigenvalue weighted by atomic mass is 16.5. The first kappa shape index (κ1) is 24.8. The molecule has 0 saturated carbocycles. The molecule has 0 aliphatic carbocycles. The van der Waals surface area contributed by atoms with Gasteiger partial charge in [-0.15, -0.1) is 0 Å². The fraction of sp³-hybridized carbons (Fsp3) is 0.241. The second-order valence-electron chi connectivity index (χ2n) is 8.75. The van der Waals surface area contributed by atoms with E-state index in [1.165, 1.54) is 18.2 Å². The lowest BCUT2D eigenvalue weighted by Crippen LogP contribution is -2.35. The van der Waals surface area contributed by atoms with Crippen molar-refractivity contribution in [2.75, 3.05) is 25.5 Å². The number of carbonyl (C=O) groups excluding carboxylic acids is 1. The molecule has 1 heterocycles. The lowest BCUT2D eigenvalue weighted by molar-refractivity contribution is -0.111. The highest BCUT2D eigenvalue weighted by Crippen LogP contribution is 2.25. The van der Waals surface area contributed by atoms with E-state index in [4.69, 9.17) is 14.7 Å². The van der Waals surface area contributed by atoms with Gasteiger partial charge in [0.25, 0.3) is 0 Å². The standard InChI is InChI=1S/C29H29N3O4/c1-32-15-13-24(14-16-32)36-26-7-4-6-25(18-26)35-20-23-5-2-3-8-27(23)31-29(34)12-10-21-9-11-22(19-30)28(33)17-21/h2-12,17-18,24,33H,13-16,20H2,1H3,(H,31,34)/b12-10+. The number of phenolic OH excluding ortho intramolecular Hbond substituents is 1. The Labute approximate surface area is 211 Å². The maximum absolute atomic E-state index is 12.5. The number of nitriles is 1. The van der Waals surface area contributed by atoms with Gasteiger partial charge in [-0.3, -0.25) is 4.79 Å². The number of likely N-dealkylation sites (tertiary alicyclic amines) is 1. The van der Waals surface area contributed by atoms with E-state index >= 15 is 0 Å². The molecule has 1 aliphatic rings. The van der Waals surface area contributed by atoms with Crippen LogP contribution < -0.4 is 14.8 Å². The molecule has 0 unspecified atom stereocenters. The number of amides is 1. The predicted molar refractivity (Wildman–Crippen MR) is 139 cm³/mol. The molecule has 36 heavy (non-hydrogen) atoms. The summed E-state index contributed by atoms with van der Waals surface area (Å²) in [6, 6.07) is 21.6. The molecule has 1 saturated heterocycles. The quantitative estimate of drug-likeness (QED) is 0.440. The zero-order chi connectivity index (χ0) is 25.3. The first-order valence-corrected chi connectivity index (χ1v) is 11.9. The number of piperidine rings is 1. The van der Waals surface area contributed by atoms with E-state index in [0.29, 0.717) is 17.0 Å². The summed E-state index contributed by atoms with van der Waals surface area (Å²) in [5.74, 6) is 1.05. The third-order valence-corrected chi connectivity index (χ3v) is 6.01. The van der Waals surface area contributed by atoms with Crippen molar-refractivity contribution in [3.05, 3.63) is 89.5 Å². The zero-order valence-corrected chi connectivity index (χ0v) is 20.2. The van der Waals surface area contributed by atoms with Crippen LogP contribution in [-0.4, -0.2) is 42.2 Å². The average molecular weight is 484 g/mol. The summed E-state index contributed by atoms with van der Waals surface area (Å²) >= 11 is 0. The topological polar surface area (TPSA) is 94.8 Å². The van der Waals surface area contributed by atoms with Crippen LogP contribution in [0.3, 0.4) is 0 Å². The van der Waals surface area contributed by atoms with E-state index in [9.17, 15) is 9.90 Å². The van der Waals surface area contributed by atoms with E-state index < -0.39 is 0 Å². The molecule has 3 aromatic rings. The molecule has 0 aromatic heterocycles. The minimum atomic E-state index is -0.320. The van der Waals surface area contributed by atoms with Gasteiger partial charge in [-0.25, -0.2) is 0 Å². The molecular formula is C29H29N3O4. The van der Waals surface area contributed by atoms with Gasteiger partial charge in [0.1, 0.15) is 36.0 Å². The van der Waals surface area contributed by atoms with Gasteiger partial charge in [0.05, 0.1) is 5.56 Å². The van der Waals surface area contributed by atoms with Crippen molar-refractivity contribution in [3.63, 3.8) is 0 Å². The first-order valence-electron chi connectivity index (χ1n) is 11.9. The van der Waals surface area contributed by atoms with Crippen LogP contribution in [0.1, 0.15) is 29.5 Å². The molecule has 1 fully saturated rings. The Bertz CT molecular complexity index is 1270. The lowest BCUT2D eigenvalue weighted by atomic mass is 10.1. The Hall–Kier alpha value is -4.28. The molecule has 2 N–H and O–H groups in total. The Kier molecular flexibility index (Phi) is 8.22. The van der Waals surface area contributed by atoms with E-state index in [0.717, 1.165) is 37.2 Å². The van der Waals surface area contributed by atoms with Crippen molar-refractivity contribution in [2.45, 2.75) is 25.6 Å². The zero-order valence-electron chi connectivity index (χ0n) is 20.2. The van der Waals surface area contributed by atoms with Gasteiger partial charge in [0, 0.05) is 36.5 Å². The summed E-state index contributed by atoms with van der Waals surface area (Å²) in [4.78, 5) is 14.8. The third kappa shape index (κ3) is 6.87. The van der Waals surface area contributed by atoms with Gasteiger partial charge < -0.3 is 24.8 Å². The van der Waals surface area contributed by atoms with Crippen LogP contribution in [0.25, 0.3) is 6.08 Å². The van der Waals surface area contributed by atoms with Crippen molar-refractivity contribution < 1.29 is 19.4 Å². The monoisotopic (exact) mass is 483 g/mol. The third-order valence-electron chi connectivity index (χ3n) is 6.01. The number of aromatic hydroxyl groups is 1. The fourth-order valence-corrected chi connectivity index (χ4v) is 3.95. The second kappa shape index (κ2) is 11.9. The summed E-state index contributed by atoms with van der Waals surface area (Å²) < 4.78 is 12.2. The molecule has 0 spiro atoms. The van der Waals surface area contributed by atoms with Crippen LogP contribution in [0.2, 0.25) is 0 Å². The Morgan fingerprint density at radius 2 is 1.89 bits per heavy atom. The largest absolute Gasteiger partial charge is 0.507 e. The number of carbonyl (C=O) groups is 1. The number of nitrogens with zero attached hydrogens (tertiary/aromatic N) is 2. The summed E-state index contributed by atoms with van der Waals surface area (Å²) in [7, 11) is 2.13. The Morgan fingerprint density at radius 3 is 2.67 bits per heavy atom. The molecule has 0 bridgehead atoms. The van der Waals surface area contributed by atoms with Gasteiger partial charge in [-0.05, 0) is 61.9 Å².